The van der Waals surface area contributed by atoms with Crippen molar-refractivity contribution in [2.45, 2.75) is 45.9 Å². The molecule has 2 rings (SSSR count). The summed E-state index contributed by atoms with van der Waals surface area (Å²) in [6, 6.07) is 7.13. The summed E-state index contributed by atoms with van der Waals surface area (Å²) < 4.78 is 5.70. The molecule has 1 fully saturated rings. The maximum Gasteiger partial charge on any atom is 0.269 e. The molecule has 0 radical (unpaired) electrons. The quantitative estimate of drug-likeness (QED) is 0.642. The van der Waals surface area contributed by atoms with Gasteiger partial charge in [-0.1, -0.05) is 26.0 Å². The molecule has 1 aromatic carbocycles. The second-order valence-corrected chi connectivity index (χ2v) is 5.86. The minimum atomic E-state index is -0.376. The second kappa shape index (κ2) is 5.89. The monoisotopic (exact) mass is 278 g/mol. The van der Waals surface area contributed by atoms with Crippen LogP contribution in [0, 0.1) is 15.5 Å². The van der Waals surface area contributed by atoms with Gasteiger partial charge in [0.25, 0.3) is 5.69 Å². The van der Waals surface area contributed by atoms with E-state index < -0.39 is 0 Å². The fraction of sp³-hybridized carbons (Fsp3) is 0.600. The van der Waals surface area contributed by atoms with E-state index in [9.17, 15) is 10.1 Å². The van der Waals surface area contributed by atoms with Crippen LogP contribution in [0.5, 0.6) is 0 Å². The van der Waals surface area contributed by atoms with E-state index in [4.69, 9.17) is 4.74 Å². The first-order chi connectivity index (χ1) is 9.45. The molecule has 1 aliphatic rings. The normalized spacial score (nSPS) is 24.1. The van der Waals surface area contributed by atoms with Gasteiger partial charge in [-0.2, -0.15) is 0 Å². The van der Waals surface area contributed by atoms with E-state index in [1.54, 1.807) is 24.3 Å². The number of nitrogens with zero attached hydrogens (tertiary/aromatic N) is 1. The third kappa shape index (κ3) is 2.99. The van der Waals surface area contributed by atoms with Crippen molar-refractivity contribution in [1.29, 1.82) is 0 Å². The molecule has 0 aliphatic heterocycles. The Kier molecular flexibility index (Phi) is 4.40. The highest BCUT2D eigenvalue weighted by Gasteiger charge is 2.48. The zero-order chi connectivity index (χ0) is 14.8. The molecule has 20 heavy (non-hydrogen) atoms. The zero-order valence-corrected chi connectivity index (χ0v) is 12.3. The van der Waals surface area contributed by atoms with Crippen LogP contribution in [0.4, 0.5) is 5.69 Å². The number of ether oxygens (including phenoxy) is 1. The van der Waals surface area contributed by atoms with Crippen LogP contribution in [0.25, 0.3) is 0 Å². The highest BCUT2D eigenvalue weighted by molar-refractivity contribution is 5.32. The van der Waals surface area contributed by atoms with Crippen LogP contribution in [0.3, 0.4) is 0 Å². The summed E-state index contributed by atoms with van der Waals surface area (Å²) >= 11 is 0. The van der Waals surface area contributed by atoms with E-state index in [2.05, 4.69) is 19.2 Å². The van der Waals surface area contributed by atoms with E-state index in [1.165, 1.54) is 0 Å². The maximum absolute atomic E-state index is 10.6. The molecule has 5 nitrogen and oxygen atoms in total. The molecule has 1 N–H and O–H groups in total. The first-order valence-electron chi connectivity index (χ1n) is 7.03. The number of hydrogen-bond donors (Lipinski definition) is 1. The summed E-state index contributed by atoms with van der Waals surface area (Å²) in [7, 11) is 0. The third-order valence-electron chi connectivity index (χ3n) is 4.25. The van der Waals surface area contributed by atoms with E-state index >= 15 is 0 Å². The summed E-state index contributed by atoms with van der Waals surface area (Å²) in [6.07, 6.45) is 1.34. The molecule has 0 bridgehead atoms. The van der Waals surface area contributed by atoms with Gasteiger partial charge in [0.2, 0.25) is 0 Å². The molecule has 5 heteroatoms. The molecular weight excluding hydrogens is 256 g/mol. The SMILES string of the molecule is CCOC1CC(NCc2ccc([N+](=O)[O-])cc2)C1(C)C. The van der Waals surface area contributed by atoms with Gasteiger partial charge in [0, 0.05) is 36.7 Å². The largest absolute Gasteiger partial charge is 0.378 e. The summed E-state index contributed by atoms with van der Waals surface area (Å²) in [5.41, 5.74) is 1.33. The number of rotatable bonds is 6. The minimum absolute atomic E-state index is 0.133. The van der Waals surface area contributed by atoms with Crippen LogP contribution in [0.2, 0.25) is 0 Å². The van der Waals surface area contributed by atoms with Crippen LogP contribution in [0.15, 0.2) is 24.3 Å². The first kappa shape index (κ1) is 14.9. The fourth-order valence-electron chi connectivity index (χ4n) is 2.69. The second-order valence-electron chi connectivity index (χ2n) is 5.86. The van der Waals surface area contributed by atoms with Crippen LogP contribution < -0.4 is 5.32 Å². The number of non-ortho nitro benzene ring substituents is 1. The van der Waals surface area contributed by atoms with Gasteiger partial charge in [-0.05, 0) is 18.9 Å². The van der Waals surface area contributed by atoms with E-state index in [0.29, 0.717) is 12.1 Å². The molecule has 1 aliphatic carbocycles. The van der Waals surface area contributed by atoms with Gasteiger partial charge in [-0.15, -0.1) is 0 Å². The minimum Gasteiger partial charge on any atom is -0.378 e. The fourth-order valence-corrected chi connectivity index (χ4v) is 2.69. The Morgan fingerprint density at radius 2 is 2.05 bits per heavy atom. The molecule has 110 valence electrons. The summed E-state index contributed by atoms with van der Waals surface area (Å²) in [5, 5.41) is 14.1. The lowest BCUT2D eigenvalue weighted by atomic mass is 9.64. The predicted molar refractivity (Wildman–Crippen MR) is 77.5 cm³/mol. The van der Waals surface area contributed by atoms with Gasteiger partial charge < -0.3 is 10.1 Å². The lowest BCUT2D eigenvalue weighted by Gasteiger charge is -2.52. The Morgan fingerprint density at radius 3 is 2.55 bits per heavy atom. The molecule has 0 heterocycles. The smallest absolute Gasteiger partial charge is 0.269 e. The predicted octanol–water partition coefficient (Wildman–Crippen LogP) is 2.89. The summed E-state index contributed by atoms with van der Waals surface area (Å²) in [4.78, 5) is 10.2. The van der Waals surface area contributed by atoms with E-state index in [-0.39, 0.29) is 16.0 Å². The number of benzene rings is 1. The molecule has 0 aromatic heterocycles. The van der Waals surface area contributed by atoms with Crippen molar-refractivity contribution in [1.82, 2.24) is 5.32 Å². The molecule has 2 unspecified atom stereocenters. The van der Waals surface area contributed by atoms with Gasteiger partial charge in [0.15, 0.2) is 0 Å². The number of nitro groups is 1. The zero-order valence-electron chi connectivity index (χ0n) is 12.3. The number of hydrogen-bond acceptors (Lipinski definition) is 4. The highest BCUT2D eigenvalue weighted by Crippen LogP contribution is 2.42. The molecular formula is C15H22N2O3. The number of nitro benzene ring substituents is 1. The van der Waals surface area contributed by atoms with Crippen molar-refractivity contribution < 1.29 is 9.66 Å². The van der Waals surface area contributed by atoms with Gasteiger partial charge in [0.1, 0.15) is 0 Å². The maximum atomic E-state index is 10.6. The standard InChI is InChI=1S/C15H22N2O3/c1-4-20-14-9-13(15(14,2)3)16-10-11-5-7-12(8-6-11)17(18)19/h5-8,13-14,16H,4,9-10H2,1-3H3. The molecule has 0 amide bonds. The van der Waals surface area contributed by atoms with Gasteiger partial charge in [-0.3, -0.25) is 10.1 Å². The first-order valence-corrected chi connectivity index (χ1v) is 7.03. The van der Waals surface area contributed by atoms with Crippen LogP contribution in [0.1, 0.15) is 32.8 Å². The van der Waals surface area contributed by atoms with Crippen LogP contribution in [-0.2, 0) is 11.3 Å². The molecule has 1 saturated carbocycles. The van der Waals surface area contributed by atoms with Crippen molar-refractivity contribution in [3.05, 3.63) is 39.9 Å². The molecule has 1 aromatic rings. The molecule has 0 spiro atoms. The number of nitrogens with one attached hydrogen (secondary N) is 1. The summed E-state index contributed by atoms with van der Waals surface area (Å²) in [6.45, 7) is 7.93. The Balaban J connectivity index is 1.86. The van der Waals surface area contributed by atoms with Crippen LogP contribution in [-0.4, -0.2) is 23.7 Å². The molecule has 0 saturated heterocycles. The van der Waals surface area contributed by atoms with Crippen molar-refractivity contribution in [3.63, 3.8) is 0 Å². The van der Waals surface area contributed by atoms with Gasteiger partial charge in [0.05, 0.1) is 11.0 Å². The average Bonchev–Trinajstić information content (AvgIpc) is 2.42. The van der Waals surface area contributed by atoms with Gasteiger partial charge >= 0.3 is 0 Å². The van der Waals surface area contributed by atoms with E-state index in [1.807, 2.05) is 6.92 Å². The van der Waals surface area contributed by atoms with Crippen molar-refractivity contribution in [2.24, 2.45) is 5.41 Å². The summed E-state index contributed by atoms with van der Waals surface area (Å²) in [5.74, 6) is 0. The van der Waals surface area contributed by atoms with Gasteiger partial charge in [-0.25, -0.2) is 0 Å². The van der Waals surface area contributed by atoms with Crippen LogP contribution >= 0.6 is 0 Å². The average molecular weight is 278 g/mol. The third-order valence-corrected chi connectivity index (χ3v) is 4.25. The van der Waals surface area contributed by atoms with Crippen molar-refractivity contribution in [3.8, 4) is 0 Å². The lowest BCUT2D eigenvalue weighted by Crippen LogP contribution is -2.60. The Labute approximate surface area is 119 Å². The Bertz CT molecular complexity index is 471. The molecule has 2 atom stereocenters. The van der Waals surface area contributed by atoms with E-state index in [0.717, 1.165) is 25.1 Å². The lowest BCUT2D eigenvalue weighted by molar-refractivity contribution is -0.384. The van der Waals surface area contributed by atoms with Crippen molar-refractivity contribution >= 4 is 5.69 Å². The van der Waals surface area contributed by atoms with Crippen molar-refractivity contribution in [2.75, 3.05) is 6.61 Å². The highest BCUT2D eigenvalue weighted by atomic mass is 16.6. The Hall–Kier alpha value is -1.46. The topological polar surface area (TPSA) is 64.4 Å². The Morgan fingerprint density at radius 1 is 1.40 bits per heavy atom.